The van der Waals surface area contributed by atoms with E-state index < -0.39 is 0 Å². The first-order valence-electron chi connectivity index (χ1n) is 5.97. The molecule has 4 nitrogen and oxygen atoms in total. The number of nitrogens with zero attached hydrogens (tertiary/aromatic N) is 1. The van der Waals surface area contributed by atoms with E-state index in [-0.39, 0.29) is 5.56 Å². The first-order chi connectivity index (χ1) is 7.68. The van der Waals surface area contributed by atoms with Crippen molar-refractivity contribution in [3.8, 4) is 0 Å². The number of H-pyrrole nitrogens is 1. The largest absolute Gasteiger partial charge is 0.383 e. The number of aromatic amines is 1. The van der Waals surface area contributed by atoms with Gasteiger partial charge >= 0.3 is 0 Å². The Bertz CT molecular complexity index is 393. The average molecular weight is 221 g/mol. The smallest absolute Gasteiger partial charge is 0.266 e. The van der Waals surface area contributed by atoms with Gasteiger partial charge in [0.15, 0.2) is 0 Å². The number of rotatable bonds is 3. The van der Waals surface area contributed by atoms with Crippen LogP contribution in [0.4, 0.5) is 5.69 Å². The minimum Gasteiger partial charge on any atom is -0.383 e. The summed E-state index contributed by atoms with van der Waals surface area (Å²) in [6.45, 7) is 3.25. The highest BCUT2D eigenvalue weighted by atomic mass is 16.1. The second kappa shape index (κ2) is 4.68. The van der Waals surface area contributed by atoms with E-state index in [0.717, 1.165) is 12.2 Å². The summed E-state index contributed by atoms with van der Waals surface area (Å²) in [4.78, 5) is 11.1. The summed E-state index contributed by atoms with van der Waals surface area (Å²) in [7, 11) is 0. The summed E-state index contributed by atoms with van der Waals surface area (Å²) in [6.07, 6.45) is 8.22. The molecule has 1 aromatic heterocycles. The van der Waals surface area contributed by atoms with E-state index in [2.05, 4.69) is 22.4 Å². The van der Waals surface area contributed by atoms with Crippen LogP contribution in [0.2, 0.25) is 0 Å². The molecule has 1 heterocycles. The maximum absolute atomic E-state index is 11.1. The van der Waals surface area contributed by atoms with E-state index in [0.29, 0.717) is 5.41 Å². The van der Waals surface area contributed by atoms with Gasteiger partial charge in [-0.15, -0.1) is 0 Å². The van der Waals surface area contributed by atoms with Gasteiger partial charge in [-0.25, -0.2) is 5.10 Å². The molecule has 0 saturated heterocycles. The third-order valence-electron chi connectivity index (χ3n) is 3.44. The van der Waals surface area contributed by atoms with Gasteiger partial charge in [0, 0.05) is 12.6 Å². The second-order valence-electron chi connectivity index (χ2n) is 5.06. The molecule has 4 heteroatoms. The van der Waals surface area contributed by atoms with Crippen LogP contribution in [-0.4, -0.2) is 16.7 Å². The van der Waals surface area contributed by atoms with Crippen LogP contribution in [0.3, 0.4) is 0 Å². The summed E-state index contributed by atoms with van der Waals surface area (Å²) in [5, 5.41) is 9.46. The maximum atomic E-state index is 11.1. The van der Waals surface area contributed by atoms with Gasteiger partial charge in [-0.3, -0.25) is 4.79 Å². The van der Waals surface area contributed by atoms with Gasteiger partial charge in [-0.1, -0.05) is 26.2 Å². The average Bonchev–Trinajstić information content (AvgIpc) is 2.28. The van der Waals surface area contributed by atoms with E-state index in [1.54, 1.807) is 12.3 Å². The zero-order valence-corrected chi connectivity index (χ0v) is 9.75. The molecule has 1 fully saturated rings. The van der Waals surface area contributed by atoms with Crippen LogP contribution < -0.4 is 10.9 Å². The van der Waals surface area contributed by atoms with Gasteiger partial charge in [-0.2, -0.15) is 5.10 Å². The lowest BCUT2D eigenvalue weighted by Crippen LogP contribution is -2.29. The van der Waals surface area contributed by atoms with Gasteiger partial charge < -0.3 is 5.32 Å². The fourth-order valence-electron chi connectivity index (χ4n) is 2.37. The van der Waals surface area contributed by atoms with Crippen molar-refractivity contribution >= 4 is 5.69 Å². The molecule has 0 radical (unpaired) electrons. The van der Waals surface area contributed by atoms with Crippen LogP contribution in [0.25, 0.3) is 0 Å². The number of anilines is 1. The van der Waals surface area contributed by atoms with Gasteiger partial charge in [0.05, 0.1) is 11.9 Å². The van der Waals surface area contributed by atoms with Crippen molar-refractivity contribution in [3.63, 3.8) is 0 Å². The minimum absolute atomic E-state index is 0.154. The summed E-state index contributed by atoms with van der Waals surface area (Å²) in [5.74, 6) is 0. The van der Waals surface area contributed by atoms with Crippen molar-refractivity contribution < 1.29 is 0 Å². The van der Waals surface area contributed by atoms with Gasteiger partial charge in [-0.05, 0) is 18.3 Å². The van der Waals surface area contributed by atoms with Crippen molar-refractivity contribution in [3.05, 3.63) is 22.6 Å². The van der Waals surface area contributed by atoms with Crippen LogP contribution in [-0.2, 0) is 0 Å². The Morgan fingerprint density at radius 1 is 1.44 bits per heavy atom. The van der Waals surface area contributed by atoms with Gasteiger partial charge in [0.2, 0.25) is 0 Å². The molecule has 0 spiro atoms. The Hall–Kier alpha value is -1.32. The zero-order valence-electron chi connectivity index (χ0n) is 9.75. The monoisotopic (exact) mass is 221 g/mol. The molecular weight excluding hydrogens is 202 g/mol. The Balaban J connectivity index is 1.93. The van der Waals surface area contributed by atoms with E-state index in [1.165, 1.54) is 32.1 Å². The van der Waals surface area contributed by atoms with Gasteiger partial charge in [0.25, 0.3) is 5.56 Å². The molecule has 2 N–H and O–H groups in total. The number of nitrogens with one attached hydrogen (secondary N) is 2. The highest BCUT2D eigenvalue weighted by Crippen LogP contribution is 2.35. The Kier molecular flexibility index (Phi) is 3.27. The lowest BCUT2D eigenvalue weighted by Gasteiger charge is -2.33. The topological polar surface area (TPSA) is 57.8 Å². The van der Waals surface area contributed by atoms with Crippen molar-refractivity contribution in [2.24, 2.45) is 5.41 Å². The molecule has 16 heavy (non-hydrogen) atoms. The lowest BCUT2D eigenvalue weighted by molar-refractivity contribution is 0.233. The fourth-order valence-corrected chi connectivity index (χ4v) is 2.37. The van der Waals surface area contributed by atoms with Crippen molar-refractivity contribution in [1.82, 2.24) is 10.2 Å². The molecular formula is C12H19N3O. The molecule has 1 aromatic rings. The summed E-state index contributed by atoms with van der Waals surface area (Å²) in [5.41, 5.74) is 1.04. The molecule has 0 atom stereocenters. The van der Waals surface area contributed by atoms with E-state index >= 15 is 0 Å². The molecule has 1 saturated carbocycles. The van der Waals surface area contributed by atoms with E-state index in [1.807, 2.05) is 0 Å². The lowest BCUT2D eigenvalue weighted by atomic mass is 9.76. The van der Waals surface area contributed by atoms with Crippen LogP contribution in [0.5, 0.6) is 0 Å². The molecule has 88 valence electrons. The molecule has 0 aliphatic heterocycles. The summed E-state index contributed by atoms with van der Waals surface area (Å²) in [6, 6.07) is 1.55. The Morgan fingerprint density at radius 2 is 2.19 bits per heavy atom. The highest BCUT2D eigenvalue weighted by molar-refractivity contribution is 5.38. The molecule has 0 unspecified atom stereocenters. The van der Waals surface area contributed by atoms with Crippen LogP contribution in [0, 0.1) is 5.41 Å². The predicted octanol–water partition coefficient (Wildman–Crippen LogP) is 2.15. The first kappa shape index (κ1) is 11.2. The van der Waals surface area contributed by atoms with Crippen LogP contribution >= 0.6 is 0 Å². The number of hydrogen-bond donors (Lipinski definition) is 2. The normalized spacial score (nSPS) is 19.3. The predicted molar refractivity (Wildman–Crippen MR) is 64.5 cm³/mol. The fraction of sp³-hybridized carbons (Fsp3) is 0.667. The quantitative estimate of drug-likeness (QED) is 0.822. The SMILES string of the molecule is CC1(CNc2cn[nH]c(=O)c2)CCCCC1. The molecule has 0 amide bonds. The van der Waals surface area contributed by atoms with Gasteiger partial charge in [0.1, 0.15) is 0 Å². The first-order valence-corrected chi connectivity index (χ1v) is 5.97. The molecule has 1 aliphatic rings. The molecule has 2 rings (SSSR count). The van der Waals surface area contributed by atoms with Crippen LogP contribution in [0.1, 0.15) is 39.0 Å². The highest BCUT2D eigenvalue weighted by Gasteiger charge is 2.26. The maximum Gasteiger partial charge on any atom is 0.266 e. The van der Waals surface area contributed by atoms with E-state index in [9.17, 15) is 4.79 Å². The summed E-state index contributed by atoms with van der Waals surface area (Å²) >= 11 is 0. The third kappa shape index (κ3) is 2.84. The van der Waals surface area contributed by atoms with Crippen molar-refractivity contribution in [2.45, 2.75) is 39.0 Å². The standard InChI is InChI=1S/C12H19N3O/c1-12(5-3-2-4-6-12)9-13-10-7-11(16)15-14-8-10/h7-8H,2-6,9H2,1H3,(H2,13,15,16). The minimum atomic E-state index is -0.154. The molecule has 1 aliphatic carbocycles. The molecule has 0 aromatic carbocycles. The Labute approximate surface area is 95.5 Å². The van der Waals surface area contributed by atoms with Crippen molar-refractivity contribution in [1.29, 1.82) is 0 Å². The summed E-state index contributed by atoms with van der Waals surface area (Å²) < 4.78 is 0. The third-order valence-corrected chi connectivity index (χ3v) is 3.44. The zero-order chi connectivity index (χ0) is 11.4. The van der Waals surface area contributed by atoms with E-state index in [4.69, 9.17) is 0 Å². The number of hydrogen-bond acceptors (Lipinski definition) is 3. The van der Waals surface area contributed by atoms with Crippen molar-refractivity contribution in [2.75, 3.05) is 11.9 Å². The van der Waals surface area contributed by atoms with Crippen LogP contribution in [0.15, 0.2) is 17.1 Å². The number of aromatic nitrogens is 2. The second-order valence-corrected chi connectivity index (χ2v) is 5.06. The molecule has 0 bridgehead atoms. The Morgan fingerprint density at radius 3 is 2.88 bits per heavy atom.